The molecule has 3 heterocycles. The first kappa shape index (κ1) is 19.4. The molecule has 9 nitrogen and oxygen atoms in total. The number of amides is 2. The van der Waals surface area contributed by atoms with Crippen molar-refractivity contribution in [3.05, 3.63) is 70.0 Å². The molecule has 0 saturated carbocycles. The Bertz CT molecular complexity index is 1220. The number of imide groups is 1. The van der Waals surface area contributed by atoms with E-state index >= 15 is 0 Å². The van der Waals surface area contributed by atoms with E-state index in [4.69, 9.17) is 4.74 Å². The van der Waals surface area contributed by atoms with E-state index in [2.05, 4.69) is 15.3 Å². The Morgan fingerprint density at radius 1 is 1.20 bits per heavy atom. The van der Waals surface area contributed by atoms with Crippen molar-refractivity contribution in [1.29, 1.82) is 0 Å². The summed E-state index contributed by atoms with van der Waals surface area (Å²) >= 11 is 0. The maximum Gasteiger partial charge on any atom is 0.357 e. The van der Waals surface area contributed by atoms with E-state index in [1.54, 1.807) is 37.3 Å². The Morgan fingerprint density at radius 2 is 2.03 bits per heavy atom. The maximum absolute atomic E-state index is 13.3. The van der Waals surface area contributed by atoms with E-state index in [9.17, 15) is 19.2 Å². The fourth-order valence-corrected chi connectivity index (χ4v) is 3.54. The predicted molar refractivity (Wildman–Crippen MR) is 106 cm³/mol. The molecule has 3 aromatic rings. The number of nitrogens with one attached hydrogen (secondary N) is 1. The number of benzene rings is 1. The van der Waals surface area contributed by atoms with Crippen LogP contribution in [0.2, 0.25) is 0 Å². The second-order valence-electron chi connectivity index (χ2n) is 6.90. The number of hydrogen-bond acceptors (Lipinski definition) is 7. The fraction of sp³-hybridized carbons (Fsp3) is 0.238. The Balaban J connectivity index is 1.71. The van der Waals surface area contributed by atoms with Crippen LogP contribution >= 0.6 is 0 Å². The summed E-state index contributed by atoms with van der Waals surface area (Å²) < 4.78 is 6.63. The molecule has 1 saturated heterocycles. The number of esters is 1. The summed E-state index contributed by atoms with van der Waals surface area (Å²) in [4.78, 5) is 57.7. The van der Waals surface area contributed by atoms with Crippen LogP contribution in [-0.2, 0) is 20.9 Å². The number of hydrogen-bond donors (Lipinski definition) is 1. The number of aryl methyl sites for hydroxylation is 1. The number of ether oxygens (including phenoxy) is 1. The number of pyridine rings is 1. The first-order valence-corrected chi connectivity index (χ1v) is 9.38. The summed E-state index contributed by atoms with van der Waals surface area (Å²) in [5, 5.41) is 2.53. The lowest BCUT2D eigenvalue weighted by Crippen LogP contribution is -2.45. The van der Waals surface area contributed by atoms with Crippen LogP contribution in [-0.4, -0.2) is 32.3 Å². The van der Waals surface area contributed by atoms with Gasteiger partial charge in [-0.2, -0.15) is 0 Å². The highest BCUT2D eigenvalue weighted by Gasteiger charge is 2.30. The van der Waals surface area contributed by atoms with E-state index in [1.807, 2.05) is 0 Å². The lowest BCUT2D eigenvalue weighted by Gasteiger charge is -2.24. The molecule has 152 valence electrons. The molecule has 9 heteroatoms. The third-order valence-electron chi connectivity index (χ3n) is 4.95. The highest BCUT2D eigenvalue weighted by molar-refractivity contribution is 5.99. The van der Waals surface area contributed by atoms with Crippen molar-refractivity contribution in [2.75, 3.05) is 0 Å². The van der Waals surface area contributed by atoms with Crippen LogP contribution in [0, 0.1) is 6.92 Å². The molecular formula is C21H18N4O5. The van der Waals surface area contributed by atoms with E-state index in [0.717, 1.165) is 0 Å². The number of carbonyl (C=O) groups is 3. The van der Waals surface area contributed by atoms with Crippen molar-refractivity contribution in [3.8, 4) is 0 Å². The monoisotopic (exact) mass is 406 g/mol. The number of fused-ring (bicyclic) bond motifs is 1. The van der Waals surface area contributed by atoms with Gasteiger partial charge in [-0.25, -0.2) is 14.8 Å². The van der Waals surface area contributed by atoms with Gasteiger partial charge in [-0.15, -0.1) is 0 Å². The summed E-state index contributed by atoms with van der Waals surface area (Å²) in [5.41, 5.74) is 0.645. The van der Waals surface area contributed by atoms with Gasteiger partial charge in [0.15, 0.2) is 0 Å². The minimum absolute atomic E-state index is 0.143. The zero-order valence-electron chi connectivity index (χ0n) is 16.1. The lowest BCUT2D eigenvalue weighted by atomic mass is 10.0. The number of aromatic nitrogens is 3. The van der Waals surface area contributed by atoms with Crippen molar-refractivity contribution in [2.24, 2.45) is 0 Å². The molecule has 1 unspecified atom stereocenters. The largest absolute Gasteiger partial charge is 0.456 e. The summed E-state index contributed by atoms with van der Waals surface area (Å²) in [6.07, 6.45) is 1.85. The standard InChI is InChI=1S/C21H18N4O5/c1-12-23-14-7-4-5-13(11-30-21(29)15-6-2-3-10-22-15)18(14)20(28)25(12)16-8-9-17(26)24-19(16)27/h2-7,10,16H,8-9,11H2,1H3,(H,24,26,27). The average Bonchev–Trinajstić information content (AvgIpc) is 2.73. The molecule has 1 N–H and O–H groups in total. The lowest BCUT2D eigenvalue weighted by molar-refractivity contribution is -0.135. The highest BCUT2D eigenvalue weighted by Crippen LogP contribution is 2.21. The molecule has 0 aliphatic carbocycles. The Morgan fingerprint density at radius 3 is 2.77 bits per heavy atom. The summed E-state index contributed by atoms with van der Waals surface area (Å²) in [6, 6.07) is 9.14. The van der Waals surface area contributed by atoms with E-state index < -0.39 is 23.5 Å². The van der Waals surface area contributed by atoms with Crippen molar-refractivity contribution in [1.82, 2.24) is 19.9 Å². The molecule has 1 fully saturated rings. The Kier molecular flexibility index (Phi) is 5.09. The summed E-state index contributed by atoms with van der Waals surface area (Å²) in [7, 11) is 0. The van der Waals surface area contributed by atoms with Crippen LogP contribution in [0.3, 0.4) is 0 Å². The molecule has 0 radical (unpaired) electrons. The molecule has 1 atom stereocenters. The topological polar surface area (TPSA) is 120 Å². The van der Waals surface area contributed by atoms with Crippen molar-refractivity contribution < 1.29 is 19.1 Å². The number of piperidine rings is 1. The Hall–Kier alpha value is -3.88. The molecule has 1 aliphatic rings. The predicted octanol–water partition coefficient (Wildman–Crippen LogP) is 1.43. The molecule has 2 aromatic heterocycles. The zero-order valence-corrected chi connectivity index (χ0v) is 16.1. The number of nitrogens with zero attached hydrogens (tertiary/aromatic N) is 3. The summed E-state index contributed by atoms with van der Waals surface area (Å²) in [6.45, 7) is 1.49. The smallest absolute Gasteiger partial charge is 0.357 e. The van der Waals surface area contributed by atoms with Gasteiger partial charge in [0.25, 0.3) is 5.56 Å². The summed E-state index contributed by atoms with van der Waals surface area (Å²) in [5.74, 6) is -1.14. The van der Waals surface area contributed by atoms with Gasteiger partial charge in [-0.1, -0.05) is 18.2 Å². The number of carbonyl (C=O) groups excluding carboxylic acids is 3. The van der Waals surface area contributed by atoms with Gasteiger partial charge in [-0.05, 0) is 31.5 Å². The second-order valence-corrected chi connectivity index (χ2v) is 6.90. The normalized spacial score (nSPS) is 16.4. The third-order valence-corrected chi connectivity index (χ3v) is 4.95. The minimum Gasteiger partial charge on any atom is -0.456 e. The zero-order chi connectivity index (χ0) is 21.3. The molecule has 2 amide bonds. The quantitative estimate of drug-likeness (QED) is 0.514. The van der Waals surface area contributed by atoms with Crippen LogP contribution in [0.25, 0.3) is 10.9 Å². The van der Waals surface area contributed by atoms with Gasteiger partial charge in [0.05, 0.1) is 10.9 Å². The van der Waals surface area contributed by atoms with Gasteiger partial charge < -0.3 is 4.74 Å². The Labute approximate surface area is 170 Å². The van der Waals surface area contributed by atoms with Crippen LogP contribution in [0.1, 0.15) is 40.8 Å². The van der Waals surface area contributed by atoms with E-state index in [-0.39, 0.29) is 36.4 Å². The van der Waals surface area contributed by atoms with Gasteiger partial charge >= 0.3 is 5.97 Å². The first-order valence-electron chi connectivity index (χ1n) is 9.38. The van der Waals surface area contributed by atoms with Crippen LogP contribution in [0.15, 0.2) is 47.4 Å². The van der Waals surface area contributed by atoms with Gasteiger partial charge in [0, 0.05) is 18.2 Å². The molecule has 1 aromatic carbocycles. The minimum atomic E-state index is -0.823. The van der Waals surface area contributed by atoms with Crippen LogP contribution < -0.4 is 10.9 Å². The van der Waals surface area contributed by atoms with E-state index in [0.29, 0.717) is 16.9 Å². The highest BCUT2D eigenvalue weighted by atomic mass is 16.5. The van der Waals surface area contributed by atoms with Crippen molar-refractivity contribution in [2.45, 2.75) is 32.4 Å². The third kappa shape index (κ3) is 3.57. The first-order chi connectivity index (χ1) is 14.5. The van der Waals surface area contributed by atoms with Crippen LogP contribution in [0.4, 0.5) is 0 Å². The van der Waals surface area contributed by atoms with Gasteiger partial charge in [0.1, 0.15) is 24.2 Å². The molecule has 1 aliphatic heterocycles. The molecule has 4 rings (SSSR count). The second kappa shape index (κ2) is 7.86. The average molecular weight is 406 g/mol. The van der Waals surface area contributed by atoms with Gasteiger partial charge in [-0.3, -0.25) is 24.3 Å². The van der Waals surface area contributed by atoms with Gasteiger partial charge in [0.2, 0.25) is 11.8 Å². The molecule has 30 heavy (non-hydrogen) atoms. The SMILES string of the molecule is Cc1nc2cccc(COC(=O)c3ccccn3)c2c(=O)n1C1CCC(=O)NC1=O. The number of rotatable bonds is 4. The fourth-order valence-electron chi connectivity index (χ4n) is 3.54. The van der Waals surface area contributed by atoms with Crippen molar-refractivity contribution in [3.63, 3.8) is 0 Å². The maximum atomic E-state index is 13.3. The van der Waals surface area contributed by atoms with E-state index in [1.165, 1.54) is 16.8 Å². The molecule has 0 bridgehead atoms. The molecule has 0 spiro atoms. The molecular weight excluding hydrogens is 388 g/mol. The van der Waals surface area contributed by atoms with Crippen molar-refractivity contribution >= 4 is 28.7 Å². The van der Waals surface area contributed by atoms with Crippen LogP contribution in [0.5, 0.6) is 0 Å².